The van der Waals surface area contributed by atoms with E-state index in [0.717, 1.165) is 30.6 Å². The molecular weight excluding hydrogens is 252 g/mol. The Bertz CT molecular complexity index is 419. The number of hydrogen-bond acceptors (Lipinski definition) is 3. The van der Waals surface area contributed by atoms with Crippen LogP contribution in [0.2, 0.25) is 0 Å². The number of aryl methyl sites for hydroxylation is 2. The van der Waals surface area contributed by atoms with Gasteiger partial charge in [0.2, 0.25) is 5.91 Å². The third-order valence-electron chi connectivity index (χ3n) is 3.10. The van der Waals surface area contributed by atoms with Crippen LogP contribution in [0.4, 0.5) is 0 Å². The molecule has 0 aliphatic carbocycles. The lowest BCUT2D eigenvalue weighted by Crippen LogP contribution is -2.25. The number of ether oxygens (including phenoxy) is 1. The Morgan fingerprint density at radius 2 is 2.05 bits per heavy atom. The lowest BCUT2D eigenvalue weighted by Gasteiger charge is -2.10. The molecule has 0 aliphatic heterocycles. The van der Waals surface area contributed by atoms with Crippen molar-refractivity contribution < 1.29 is 9.53 Å². The third kappa shape index (κ3) is 6.57. The number of nitrogens with two attached hydrogens (primary N) is 1. The summed E-state index contributed by atoms with van der Waals surface area (Å²) in [5, 5.41) is 2.85. The van der Waals surface area contributed by atoms with E-state index < -0.39 is 0 Å². The Morgan fingerprint density at radius 1 is 1.25 bits per heavy atom. The summed E-state index contributed by atoms with van der Waals surface area (Å²) in [6.45, 7) is 6.04. The highest BCUT2D eigenvalue weighted by Gasteiger charge is 2.02. The van der Waals surface area contributed by atoms with Gasteiger partial charge >= 0.3 is 0 Å². The van der Waals surface area contributed by atoms with Crippen molar-refractivity contribution in [2.75, 3.05) is 19.7 Å². The van der Waals surface area contributed by atoms with Crippen LogP contribution < -0.4 is 15.8 Å². The first-order valence-electron chi connectivity index (χ1n) is 7.30. The molecule has 0 atom stereocenters. The minimum Gasteiger partial charge on any atom is -0.493 e. The van der Waals surface area contributed by atoms with E-state index in [9.17, 15) is 4.79 Å². The fourth-order valence-electron chi connectivity index (χ4n) is 1.85. The summed E-state index contributed by atoms with van der Waals surface area (Å²) in [6, 6.07) is 6.19. The molecule has 0 heterocycles. The van der Waals surface area contributed by atoms with E-state index >= 15 is 0 Å². The summed E-state index contributed by atoms with van der Waals surface area (Å²) < 4.78 is 5.75. The van der Waals surface area contributed by atoms with Gasteiger partial charge in [-0.05, 0) is 56.8 Å². The first-order valence-corrected chi connectivity index (χ1v) is 7.30. The number of rotatable bonds is 9. The third-order valence-corrected chi connectivity index (χ3v) is 3.10. The number of hydrogen-bond donors (Lipinski definition) is 2. The highest BCUT2D eigenvalue weighted by Crippen LogP contribution is 2.19. The highest BCUT2D eigenvalue weighted by atomic mass is 16.5. The van der Waals surface area contributed by atoms with Crippen LogP contribution in [-0.2, 0) is 4.79 Å². The monoisotopic (exact) mass is 278 g/mol. The number of amides is 1. The highest BCUT2D eigenvalue weighted by molar-refractivity contribution is 5.75. The van der Waals surface area contributed by atoms with Gasteiger partial charge in [0.25, 0.3) is 0 Å². The molecule has 0 spiro atoms. The summed E-state index contributed by atoms with van der Waals surface area (Å²) in [7, 11) is 0. The van der Waals surface area contributed by atoms with Crippen LogP contribution in [0.5, 0.6) is 5.75 Å². The van der Waals surface area contributed by atoms with E-state index in [4.69, 9.17) is 10.5 Å². The average Bonchev–Trinajstić information content (AvgIpc) is 2.42. The second-order valence-corrected chi connectivity index (χ2v) is 5.07. The van der Waals surface area contributed by atoms with E-state index in [-0.39, 0.29) is 5.91 Å². The van der Waals surface area contributed by atoms with Gasteiger partial charge in [0.05, 0.1) is 6.61 Å². The van der Waals surface area contributed by atoms with Crippen LogP contribution >= 0.6 is 0 Å². The van der Waals surface area contributed by atoms with Gasteiger partial charge in [0.15, 0.2) is 0 Å². The lowest BCUT2D eigenvalue weighted by atomic mass is 10.1. The van der Waals surface area contributed by atoms with Crippen molar-refractivity contribution in [2.24, 2.45) is 5.73 Å². The Balaban J connectivity index is 2.13. The van der Waals surface area contributed by atoms with E-state index in [2.05, 4.69) is 30.4 Å². The molecule has 1 aromatic carbocycles. The maximum absolute atomic E-state index is 11.5. The average molecular weight is 278 g/mol. The van der Waals surface area contributed by atoms with Crippen LogP contribution in [0.15, 0.2) is 18.2 Å². The molecule has 4 nitrogen and oxygen atoms in total. The van der Waals surface area contributed by atoms with Crippen LogP contribution in [0.1, 0.15) is 36.8 Å². The van der Waals surface area contributed by atoms with Crippen LogP contribution in [0.3, 0.4) is 0 Å². The molecule has 0 radical (unpaired) electrons. The van der Waals surface area contributed by atoms with Gasteiger partial charge in [-0.25, -0.2) is 0 Å². The van der Waals surface area contributed by atoms with Crippen LogP contribution in [-0.4, -0.2) is 25.6 Å². The van der Waals surface area contributed by atoms with Crippen molar-refractivity contribution in [3.63, 3.8) is 0 Å². The minimum absolute atomic E-state index is 0.102. The van der Waals surface area contributed by atoms with E-state index in [0.29, 0.717) is 26.1 Å². The van der Waals surface area contributed by atoms with Crippen molar-refractivity contribution in [2.45, 2.75) is 39.5 Å². The minimum atomic E-state index is 0.102. The lowest BCUT2D eigenvalue weighted by molar-refractivity contribution is -0.121. The summed E-state index contributed by atoms with van der Waals surface area (Å²) in [5.74, 6) is 1.04. The molecule has 0 saturated carbocycles. The van der Waals surface area contributed by atoms with Crippen molar-refractivity contribution in [3.05, 3.63) is 29.3 Å². The molecule has 1 aromatic rings. The zero-order valence-electron chi connectivity index (χ0n) is 12.6. The predicted molar refractivity (Wildman–Crippen MR) is 81.9 cm³/mol. The molecule has 0 aromatic heterocycles. The summed E-state index contributed by atoms with van der Waals surface area (Å²) in [6.07, 6.45) is 3.12. The van der Waals surface area contributed by atoms with Gasteiger partial charge in [-0.1, -0.05) is 12.1 Å². The molecule has 1 rings (SSSR count). The fraction of sp³-hybridized carbons (Fsp3) is 0.562. The van der Waals surface area contributed by atoms with E-state index in [1.807, 2.05) is 6.92 Å². The number of unbranched alkanes of at least 4 members (excludes halogenated alkanes) is 1. The van der Waals surface area contributed by atoms with Crippen molar-refractivity contribution >= 4 is 5.91 Å². The largest absolute Gasteiger partial charge is 0.493 e. The molecule has 0 unspecified atom stereocenters. The topological polar surface area (TPSA) is 64.3 Å². The van der Waals surface area contributed by atoms with Crippen molar-refractivity contribution in [1.82, 2.24) is 5.32 Å². The SMILES string of the molecule is Cc1ccc(C)c(OCCCCC(=O)NCCCN)c1. The number of benzene rings is 1. The smallest absolute Gasteiger partial charge is 0.219 e. The predicted octanol–water partition coefficient (Wildman–Crippen LogP) is 2.32. The molecule has 112 valence electrons. The second kappa shape index (κ2) is 9.37. The maximum Gasteiger partial charge on any atom is 0.219 e. The van der Waals surface area contributed by atoms with E-state index in [1.54, 1.807) is 0 Å². The Hall–Kier alpha value is -1.55. The van der Waals surface area contributed by atoms with Gasteiger partial charge in [0, 0.05) is 13.0 Å². The standard InChI is InChI=1S/C16H26N2O2/c1-13-7-8-14(2)15(12-13)20-11-4-3-6-16(19)18-10-5-9-17/h7-8,12H,3-6,9-11,17H2,1-2H3,(H,18,19). The summed E-state index contributed by atoms with van der Waals surface area (Å²) in [4.78, 5) is 11.5. The zero-order chi connectivity index (χ0) is 14.8. The first-order chi connectivity index (χ1) is 9.63. The van der Waals surface area contributed by atoms with Gasteiger partial charge in [-0.2, -0.15) is 0 Å². The number of nitrogens with one attached hydrogen (secondary N) is 1. The zero-order valence-corrected chi connectivity index (χ0v) is 12.6. The molecule has 0 saturated heterocycles. The van der Waals surface area contributed by atoms with Gasteiger partial charge in [0.1, 0.15) is 5.75 Å². The Kier molecular flexibility index (Phi) is 7.73. The maximum atomic E-state index is 11.5. The Labute approximate surface area is 121 Å². The van der Waals surface area contributed by atoms with Gasteiger partial charge < -0.3 is 15.8 Å². The van der Waals surface area contributed by atoms with Gasteiger partial charge in [-0.15, -0.1) is 0 Å². The van der Waals surface area contributed by atoms with Crippen molar-refractivity contribution in [1.29, 1.82) is 0 Å². The molecule has 1 amide bonds. The normalized spacial score (nSPS) is 10.3. The van der Waals surface area contributed by atoms with Crippen LogP contribution in [0, 0.1) is 13.8 Å². The summed E-state index contributed by atoms with van der Waals surface area (Å²) in [5.41, 5.74) is 7.71. The van der Waals surface area contributed by atoms with Crippen molar-refractivity contribution in [3.8, 4) is 5.75 Å². The first kappa shape index (κ1) is 16.5. The molecular formula is C16H26N2O2. The molecule has 20 heavy (non-hydrogen) atoms. The van der Waals surface area contributed by atoms with Crippen LogP contribution in [0.25, 0.3) is 0 Å². The molecule has 0 bridgehead atoms. The molecule has 4 heteroatoms. The Morgan fingerprint density at radius 3 is 2.80 bits per heavy atom. The summed E-state index contributed by atoms with van der Waals surface area (Å²) >= 11 is 0. The molecule has 0 aliphatic rings. The molecule has 3 N–H and O–H groups in total. The molecule has 0 fully saturated rings. The van der Waals surface area contributed by atoms with E-state index in [1.165, 1.54) is 5.56 Å². The quantitative estimate of drug-likeness (QED) is 0.681. The number of carbonyl (C=O) groups excluding carboxylic acids is 1. The number of carbonyl (C=O) groups is 1. The van der Waals surface area contributed by atoms with Gasteiger partial charge in [-0.3, -0.25) is 4.79 Å². The second-order valence-electron chi connectivity index (χ2n) is 5.07. The fourth-order valence-corrected chi connectivity index (χ4v) is 1.85.